The van der Waals surface area contributed by atoms with Crippen LogP contribution >= 0.6 is 0 Å². The van der Waals surface area contributed by atoms with Crippen molar-refractivity contribution in [2.24, 2.45) is 0 Å². The van der Waals surface area contributed by atoms with E-state index < -0.39 is 0 Å². The minimum absolute atomic E-state index is 0.0891. The van der Waals surface area contributed by atoms with Crippen LogP contribution < -0.4 is 0 Å². The molecule has 0 saturated heterocycles. The molecule has 0 aliphatic rings. The SMILES string of the molecule is CC.CC.CC(=O)Cc1ncccn1. The fourth-order valence-corrected chi connectivity index (χ4v) is 0.644. The lowest BCUT2D eigenvalue weighted by molar-refractivity contribution is -0.116. The summed E-state index contributed by atoms with van der Waals surface area (Å²) in [5.74, 6) is 0.682. The second-order valence-electron chi connectivity index (χ2n) is 2.04. The van der Waals surface area contributed by atoms with Crippen LogP contribution in [0.15, 0.2) is 18.5 Å². The van der Waals surface area contributed by atoms with Gasteiger partial charge >= 0.3 is 0 Å². The fourth-order valence-electron chi connectivity index (χ4n) is 0.644. The smallest absolute Gasteiger partial charge is 0.137 e. The Labute approximate surface area is 86.6 Å². The van der Waals surface area contributed by atoms with E-state index in [1.54, 1.807) is 18.5 Å². The minimum Gasteiger partial charge on any atom is -0.300 e. The van der Waals surface area contributed by atoms with Gasteiger partial charge in [0.1, 0.15) is 11.6 Å². The maximum absolute atomic E-state index is 10.5. The van der Waals surface area contributed by atoms with E-state index in [1.807, 2.05) is 27.7 Å². The summed E-state index contributed by atoms with van der Waals surface area (Å²) >= 11 is 0. The topological polar surface area (TPSA) is 42.9 Å². The second kappa shape index (κ2) is 11.8. The van der Waals surface area contributed by atoms with E-state index in [1.165, 1.54) is 6.92 Å². The lowest BCUT2D eigenvalue weighted by Crippen LogP contribution is -2.00. The van der Waals surface area contributed by atoms with Crippen molar-refractivity contribution in [3.05, 3.63) is 24.3 Å². The maximum atomic E-state index is 10.5. The van der Waals surface area contributed by atoms with Gasteiger partial charge in [-0.2, -0.15) is 0 Å². The zero-order chi connectivity index (χ0) is 11.4. The summed E-state index contributed by atoms with van der Waals surface area (Å²) < 4.78 is 0. The van der Waals surface area contributed by atoms with E-state index in [0.29, 0.717) is 12.2 Å². The molecule has 0 amide bonds. The molecule has 3 heteroatoms. The molecule has 0 radical (unpaired) electrons. The number of ketones is 1. The Morgan fingerprint density at radius 1 is 1.14 bits per heavy atom. The van der Waals surface area contributed by atoms with E-state index in [9.17, 15) is 4.79 Å². The number of nitrogens with zero attached hydrogens (tertiary/aromatic N) is 2. The molecule has 0 fully saturated rings. The van der Waals surface area contributed by atoms with Crippen LogP contribution in [-0.4, -0.2) is 15.8 Å². The predicted octanol–water partition coefficient (Wildman–Crippen LogP) is 2.66. The van der Waals surface area contributed by atoms with Gasteiger partial charge in [-0.05, 0) is 13.0 Å². The van der Waals surface area contributed by atoms with Crippen molar-refractivity contribution in [3.63, 3.8) is 0 Å². The highest BCUT2D eigenvalue weighted by atomic mass is 16.1. The molecule has 1 aromatic rings. The Balaban J connectivity index is 0. The molecule has 0 aliphatic carbocycles. The van der Waals surface area contributed by atoms with Crippen LogP contribution in [0.3, 0.4) is 0 Å². The van der Waals surface area contributed by atoms with Crippen molar-refractivity contribution in [1.82, 2.24) is 9.97 Å². The summed E-state index contributed by atoms with van der Waals surface area (Å²) in [6.45, 7) is 9.52. The van der Waals surface area contributed by atoms with Crippen LogP contribution in [-0.2, 0) is 11.2 Å². The number of carbonyl (C=O) groups is 1. The van der Waals surface area contributed by atoms with Crippen LogP contribution in [0.2, 0.25) is 0 Å². The fraction of sp³-hybridized carbons (Fsp3) is 0.545. The van der Waals surface area contributed by atoms with Crippen LogP contribution in [0, 0.1) is 0 Å². The number of rotatable bonds is 2. The molecule has 0 aromatic carbocycles. The van der Waals surface area contributed by atoms with Crippen LogP contribution in [0.4, 0.5) is 0 Å². The molecular formula is C11H20N2O. The van der Waals surface area contributed by atoms with E-state index in [0.717, 1.165) is 0 Å². The van der Waals surface area contributed by atoms with Gasteiger partial charge in [0.05, 0.1) is 6.42 Å². The van der Waals surface area contributed by atoms with Gasteiger partial charge in [0.15, 0.2) is 0 Å². The number of hydrogen-bond donors (Lipinski definition) is 0. The molecule has 0 saturated carbocycles. The highest BCUT2D eigenvalue weighted by Crippen LogP contribution is 1.88. The monoisotopic (exact) mass is 196 g/mol. The zero-order valence-electron chi connectivity index (χ0n) is 9.74. The lowest BCUT2D eigenvalue weighted by atomic mass is 10.3. The first-order valence-electron chi connectivity index (χ1n) is 5.04. The van der Waals surface area contributed by atoms with E-state index in [-0.39, 0.29) is 5.78 Å². The summed E-state index contributed by atoms with van der Waals surface area (Å²) in [6.07, 6.45) is 3.59. The highest BCUT2D eigenvalue weighted by Gasteiger charge is 1.96. The van der Waals surface area contributed by atoms with Gasteiger partial charge in [-0.3, -0.25) is 4.79 Å². The largest absolute Gasteiger partial charge is 0.300 e. The van der Waals surface area contributed by atoms with Crippen molar-refractivity contribution >= 4 is 5.78 Å². The number of carbonyl (C=O) groups excluding carboxylic acids is 1. The summed E-state index contributed by atoms with van der Waals surface area (Å²) in [6, 6.07) is 1.73. The number of Topliss-reactive ketones (excluding diaryl/α,β-unsaturated/α-hetero) is 1. The van der Waals surface area contributed by atoms with Gasteiger partial charge in [-0.25, -0.2) is 9.97 Å². The predicted molar refractivity (Wildman–Crippen MR) is 59.1 cm³/mol. The molecule has 0 atom stereocenters. The average molecular weight is 196 g/mol. The summed E-state index contributed by atoms with van der Waals surface area (Å²) in [7, 11) is 0. The molecule has 80 valence electrons. The van der Waals surface area contributed by atoms with Crippen molar-refractivity contribution in [2.75, 3.05) is 0 Å². The van der Waals surface area contributed by atoms with Crippen molar-refractivity contribution in [1.29, 1.82) is 0 Å². The molecule has 0 bridgehead atoms. The van der Waals surface area contributed by atoms with Crippen molar-refractivity contribution in [2.45, 2.75) is 41.0 Å². The molecule has 0 aliphatic heterocycles. The van der Waals surface area contributed by atoms with E-state index in [4.69, 9.17) is 0 Å². The maximum Gasteiger partial charge on any atom is 0.137 e. The van der Waals surface area contributed by atoms with Crippen LogP contribution in [0.1, 0.15) is 40.4 Å². The molecular weight excluding hydrogens is 176 g/mol. The number of aromatic nitrogens is 2. The second-order valence-corrected chi connectivity index (χ2v) is 2.04. The van der Waals surface area contributed by atoms with Gasteiger partial charge in [-0.15, -0.1) is 0 Å². The normalized spacial score (nSPS) is 7.50. The highest BCUT2D eigenvalue weighted by molar-refractivity contribution is 5.77. The number of hydrogen-bond acceptors (Lipinski definition) is 3. The third kappa shape index (κ3) is 8.84. The Hall–Kier alpha value is -1.25. The standard InChI is InChI=1S/C7H8N2O.2C2H6/c1-6(10)5-7-8-3-2-4-9-7;2*1-2/h2-4H,5H2,1H3;2*1-2H3. The molecule has 14 heavy (non-hydrogen) atoms. The molecule has 1 heterocycles. The van der Waals surface area contributed by atoms with Gasteiger partial charge in [0.25, 0.3) is 0 Å². The van der Waals surface area contributed by atoms with Crippen molar-refractivity contribution < 1.29 is 4.79 Å². The first kappa shape index (κ1) is 15.2. The van der Waals surface area contributed by atoms with Gasteiger partial charge in [-0.1, -0.05) is 27.7 Å². The van der Waals surface area contributed by atoms with E-state index in [2.05, 4.69) is 9.97 Å². The summed E-state index contributed by atoms with van der Waals surface area (Å²) in [5.41, 5.74) is 0. The molecule has 0 unspecified atom stereocenters. The molecule has 1 rings (SSSR count). The Kier molecular flexibility index (Phi) is 12.8. The summed E-state index contributed by atoms with van der Waals surface area (Å²) in [5, 5.41) is 0. The molecule has 3 nitrogen and oxygen atoms in total. The van der Waals surface area contributed by atoms with Crippen LogP contribution in [0.25, 0.3) is 0 Å². The Morgan fingerprint density at radius 2 is 1.57 bits per heavy atom. The molecule has 1 aromatic heterocycles. The molecule has 0 spiro atoms. The molecule has 0 N–H and O–H groups in total. The summed E-state index contributed by atoms with van der Waals surface area (Å²) in [4.78, 5) is 18.3. The van der Waals surface area contributed by atoms with Gasteiger partial charge in [0, 0.05) is 12.4 Å². The van der Waals surface area contributed by atoms with Crippen LogP contribution in [0.5, 0.6) is 0 Å². The Morgan fingerprint density at radius 3 is 1.93 bits per heavy atom. The third-order valence-corrected chi connectivity index (χ3v) is 1.03. The lowest BCUT2D eigenvalue weighted by Gasteiger charge is -1.91. The third-order valence-electron chi connectivity index (χ3n) is 1.03. The first-order valence-corrected chi connectivity index (χ1v) is 5.04. The minimum atomic E-state index is 0.0891. The zero-order valence-corrected chi connectivity index (χ0v) is 9.74. The van der Waals surface area contributed by atoms with Gasteiger partial charge in [0.2, 0.25) is 0 Å². The van der Waals surface area contributed by atoms with Crippen molar-refractivity contribution in [3.8, 4) is 0 Å². The average Bonchev–Trinajstić information content (AvgIpc) is 2.24. The Bertz CT molecular complexity index is 222. The first-order chi connectivity index (χ1) is 6.79. The van der Waals surface area contributed by atoms with E-state index >= 15 is 0 Å². The van der Waals surface area contributed by atoms with Gasteiger partial charge < -0.3 is 0 Å². The quantitative estimate of drug-likeness (QED) is 0.730.